The molecule has 0 bridgehead atoms. The van der Waals surface area contributed by atoms with Crippen LogP contribution in [0.25, 0.3) is 0 Å². The number of esters is 1. The van der Waals surface area contributed by atoms with E-state index in [4.69, 9.17) is 4.74 Å². The van der Waals surface area contributed by atoms with Gasteiger partial charge in [-0.05, 0) is 44.5 Å². The van der Waals surface area contributed by atoms with E-state index in [1.165, 1.54) is 7.11 Å². The van der Waals surface area contributed by atoms with Gasteiger partial charge < -0.3 is 14.4 Å². The van der Waals surface area contributed by atoms with Gasteiger partial charge in [-0.15, -0.1) is 11.8 Å². The molecule has 1 unspecified atom stereocenters. The molecule has 0 N–H and O–H groups in total. The van der Waals surface area contributed by atoms with Crippen molar-refractivity contribution in [3.05, 3.63) is 29.8 Å². The van der Waals surface area contributed by atoms with Crippen molar-refractivity contribution in [1.29, 1.82) is 0 Å². The van der Waals surface area contributed by atoms with Gasteiger partial charge in [-0.3, -0.25) is 9.59 Å². The maximum atomic E-state index is 12.5. The summed E-state index contributed by atoms with van der Waals surface area (Å²) in [6.45, 7) is 5.33. The highest BCUT2D eigenvalue weighted by molar-refractivity contribution is 8.00. The number of ether oxygens (including phenoxy) is 2. The fraction of sp³-hybridized carbons (Fsp3) is 0.529. The Bertz CT molecular complexity index is 544. The van der Waals surface area contributed by atoms with Crippen molar-refractivity contribution in [2.24, 2.45) is 0 Å². The topological polar surface area (TPSA) is 55.8 Å². The van der Waals surface area contributed by atoms with Gasteiger partial charge in [0, 0.05) is 23.9 Å². The standard InChI is InChI=1S/C17H23NO4S/c1-12(2)22-14-6-4-13(5-7-14)17(20)18-9-8-15(10-18)23-11-16(19)21-3/h4-7,12,15H,8-11H2,1-3H3. The third kappa shape index (κ3) is 5.16. The molecule has 5 nitrogen and oxygen atoms in total. The predicted octanol–water partition coefficient (Wildman–Crippen LogP) is 2.59. The van der Waals surface area contributed by atoms with Crippen LogP contribution in [-0.4, -0.2) is 54.1 Å². The summed E-state index contributed by atoms with van der Waals surface area (Å²) in [5.74, 6) is 0.914. The Kier molecular flexibility index (Phi) is 6.33. The van der Waals surface area contributed by atoms with E-state index in [0.717, 1.165) is 18.7 Å². The average Bonchev–Trinajstić information content (AvgIpc) is 3.01. The van der Waals surface area contributed by atoms with E-state index in [1.807, 2.05) is 30.9 Å². The highest BCUT2D eigenvalue weighted by atomic mass is 32.2. The van der Waals surface area contributed by atoms with Crippen molar-refractivity contribution in [2.45, 2.75) is 31.6 Å². The van der Waals surface area contributed by atoms with E-state index in [2.05, 4.69) is 4.74 Å². The lowest BCUT2D eigenvalue weighted by Crippen LogP contribution is -2.29. The summed E-state index contributed by atoms with van der Waals surface area (Å²) in [6.07, 6.45) is 1.02. The highest BCUT2D eigenvalue weighted by Crippen LogP contribution is 2.24. The molecule has 1 saturated heterocycles. The number of amides is 1. The molecule has 2 rings (SSSR count). The van der Waals surface area contributed by atoms with Crippen LogP contribution in [0, 0.1) is 0 Å². The number of hydrogen-bond donors (Lipinski definition) is 0. The molecule has 0 aromatic heterocycles. The van der Waals surface area contributed by atoms with Gasteiger partial charge in [0.15, 0.2) is 0 Å². The van der Waals surface area contributed by atoms with Crippen LogP contribution in [0.4, 0.5) is 0 Å². The Balaban J connectivity index is 1.87. The van der Waals surface area contributed by atoms with Crippen molar-refractivity contribution < 1.29 is 19.1 Å². The van der Waals surface area contributed by atoms with Crippen LogP contribution in [0.1, 0.15) is 30.6 Å². The van der Waals surface area contributed by atoms with Gasteiger partial charge in [0.05, 0.1) is 19.0 Å². The number of carbonyl (C=O) groups is 2. The molecule has 0 aliphatic carbocycles. The van der Waals surface area contributed by atoms with Crippen molar-refractivity contribution in [3.63, 3.8) is 0 Å². The second kappa shape index (κ2) is 8.24. The van der Waals surface area contributed by atoms with Crippen molar-refractivity contribution >= 4 is 23.6 Å². The summed E-state index contributed by atoms with van der Waals surface area (Å²) >= 11 is 1.55. The van der Waals surface area contributed by atoms with E-state index in [9.17, 15) is 9.59 Å². The summed E-state index contributed by atoms with van der Waals surface area (Å²) in [4.78, 5) is 25.5. The highest BCUT2D eigenvalue weighted by Gasteiger charge is 2.27. The molecule has 1 heterocycles. The van der Waals surface area contributed by atoms with Crippen LogP contribution in [-0.2, 0) is 9.53 Å². The minimum absolute atomic E-state index is 0.0299. The maximum Gasteiger partial charge on any atom is 0.315 e. The van der Waals surface area contributed by atoms with Crippen LogP contribution in [0.15, 0.2) is 24.3 Å². The lowest BCUT2D eigenvalue weighted by Gasteiger charge is -2.17. The molecule has 1 aliphatic heterocycles. The molecule has 0 radical (unpaired) electrons. The molecule has 1 aromatic carbocycles. The van der Waals surface area contributed by atoms with E-state index < -0.39 is 0 Å². The zero-order chi connectivity index (χ0) is 16.8. The number of rotatable bonds is 6. The maximum absolute atomic E-state index is 12.5. The number of likely N-dealkylation sites (tertiary alicyclic amines) is 1. The minimum Gasteiger partial charge on any atom is -0.491 e. The Hall–Kier alpha value is -1.69. The monoisotopic (exact) mass is 337 g/mol. The molecule has 1 atom stereocenters. The molecule has 0 saturated carbocycles. The second-order valence-electron chi connectivity index (χ2n) is 5.74. The van der Waals surface area contributed by atoms with Gasteiger partial charge in [0.1, 0.15) is 5.75 Å². The molecule has 1 fully saturated rings. The molecule has 1 amide bonds. The number of hydrogen-bond acceptors (Lipinski definition) is 5. The van der Waals surface area contributed by atoms with Crippen LogP contribution >= 0.6 is 11.8 Å². The molecular weight excluding hydrogens is 314 g/mol. The summed E-state index contributed by atoms with van der Waals surface area (Å²) in [5, 5.41) is 0.293. The first-order chi connectivity index (χ1) is 11.0. The molecule has 1 aliphatic rings. The quantitative estimate of drug-likeness (QED) is 0.747. The molecule has 0 spiro atoms. The van der Waals surface area contributed by atoms with E-state index >= 15 is 0 Å². The summed E-state index contributed by atoms with van der Waals surface area (Å²) in [7, 11) is 1.39. The fourth-order valence-corrected chi connectivity index (χ4v) is 3.47. The third-order valence-electron chi connectivity index (χ3n) is 3.57. The first-order valence-electron chi connectivity index (χ1n) is 7.74. The van der Waals surface area contributed by atoms with Crippen molar-refractivity contribution in [1.82, 2.24) is 4.90 Å². The van der Waals surface area contributed by atoms with Gasteiger partial charge in [-0.2, -0.15) is 0 Å². The van der Waals surface area contributed by atoms with Gasteiger partial charge >= 0.3 is 5.97 Å². The smallest absolute Gasteiger partial charge is 0.315 e. The zero-order valence-electron chi connectivity index (χ0n) is 13.8. The largest absolute Gasteiger partial charge is 0.491 e. The Morgan fingerprint density at radius 1 is 1.30 bits per heavy atom. The first kappa shape index (κ1) is 17.7. The van der Waals surface area contributed by atoms with Gasteiger partial charge in [-0.1, -0.05) is 0 Å². The fourth-order valence-electron chi connectivity index (χ4n) is 2.42. The number of nitrogens with zero attached hydrogens (tertiary/aromatic N) is 1. The first-order valence-corrected chi connectivity index (χ1v) is 8.79. The number of methoxy groups -OCH3 is 1. The number of thioether (sulfide) groups is 1. The Morgan fingerprint density at radius 3 is 2.61 bits per heavy atom. The summed E-state index contributed by atoms with van der Waals surface area (Å²) < 4.78 is 10.2. The van der Waals surface area contributed by atoms with Crippen LogP contribution in [0.3, 0.4) is 0 Å². The average molecular weight is 337 g/mol. The van der Waals surface area contributed by atoms with E-state index in [-0.39, 0.29) is 18.0 Å². The number of benzene rings is 1. The van der Waals surface area contributed by atoms with Crippen molar-refractivity contribution in [3.8, 4) is 5.75 Å². The second-order valence-corrected chi connectivity index (χ2v) is 7.03. The zero-order valence-corrected chi connectivity index (χ0v) is 14.6. The van der Waals surface area contributed by atoms with Gasteiger partial charge in [0.25, 0.3) is 5.91 Å². The van der Waals surface area contributed by atoms with Gasteiger partial charge in [0.2, 0.25) is 0 Å². The van der Waals surface area contributed by atoms with Crippen molar-refractivity contribution in [2.75, 3.05) is 26.0 Å². The SMILES string of the molecule is COC(=O)CSC1CCN(C(=O)c2ccc(OC(C)C)cc2)C1. The lowest BCUT2D eigenvalue weighted by atomic mass is 10.2. The van der Waals surface area contributed by atoms with Gasteiger partial charge in [-0.25, -0.2) is 0 Å². The lowest BCUT2D eigenvalue weighted by molar-refractivity contribution is -0.137. The predicted molar refractivity (Wildman–Crippen MR) is 91.0 cm³/mol. The molecule has 1 aromatic rings. The minimum atomic E-state index is -0.222. The molecule has 23 heavy (non-hydrogen) atoms. The molecule has 126 valence electrons. The Labute approximate surface area is 141 Å². The summed E-state index contributed by atoms with van der Waals surface area (Å²) in [5.41, 5.74) is 0.666. The summed E-state index contributed by atoms with van der Waals surface area (Å²) in [6, 6.07) is 7.25. The Morgan fingerprint density at radius 2 is 2.00 bits per heavy atom. The molecular formula is C17H23NO4S. The van der Waals surface area contributed by atoms with Crippen LogP contribution < -0.4 is 4.74 Å². The van der Waals surface area contributed by atoms with E-state index in [1.54, 1.807) is 23.9 Å². The normalized spacial score (nSPS) is 17.4. The van der Waals surface area contributed by atoms with Crippen LogP contribution in [0.2, 0.25) is 0 Å². The number of carbonyl (C=O) groups excluding carboxylic acids is 2. The molecule has 6 heteroatoms. The van der Waals surface area contributed by atoms with E-state index in [0.29, 0.717) is 23.1 Å². The van der Waals surface area contributed by atoms with Crippen LogP contribution in [0.5, 0.6) is 5.75 Å². The third-order valence-corrected chi connectivity index (χ3v) is 4.83.